The van der Waals surface area contributed by atoms with Crippen LogP contribution in [0.15, 0.2) is 23.3 Å². The summed E-state index contributed by atoms with van der Waals surface area (Å²) in [6.07, 6.45) is 3.31. The quantitative estimate of drug-likeness (QED) is 0.889. The number of hydrogen-bond acceptors (Lipinski definition) is 4. The summed E-state index contributed by atoms with van der Waals surface area (Å²) in [7, 11) is 0. The molecule has 0 aliphatic carbocycles. The van der Waals surface area contributed by atoms with Gasteiger partial charge in [0.1, 0.15) is 0 Å². The van der Waals surface area contributed by atoms with Crippen LogP contribution in [0.4, 0.5) is 10.3 Å². The lowest BCUT2D eigenvalue weighted by atomic mass is 9.97. The summed E-state index contributed by atoms with van der Waals surface area (Å²) in [5.41, 5.74) is 7.90. The minimum absolute atomic E-state index is 0.151. The standard InChI is InChI=1S/C13H12FN5O/c14-3-1-7-6-17-12(20)8-5-10(18-11(7)8)9-2-4-16-13(15)19-9/h2,4-7,18H,1,3H2,(H2,15,16,19)/t7-/m0/s1. The van der Waals surface area contributed by atoms with E-state index in [1.165, 1.54) is 12.4 Å². The van der Waals surface area contributed by atoms with Gasteiger partial charge in [-0.05, 0) is 18.6 Å². The molecule has 0 spiro atoms. The number of nitrogens with two attached hydrogens (primary N) is 1. The molecular formula is C13H12FN5O. The Kier molecular flexibility index (Phi) is 3.02. The second-order valence-corrected chi connectivity index (χ2v) is 4.48. The molecule has 102 valence electrons. The molecule has 1 atom stereocenters. The first kappa shape index (κ1) is 12.5. The van der Waals surface area contributed by atoms with Crippen molar-refractivity contribution in [2.45, 2.75) is 12.3 Å². The molecule has 0 saturated carbocycles. The summed E-state index contributed by atoms with van der Waals surface area (Å²) in [6, 6.07) is 3.35. The molecule has 0 bridgehead atoms. The fourth-order valence-electron chi connectivity index (χ4n) is 2.24. The van der Waals surface area contributed by atoms with Crippen molar-refractivity contribution in [1.82, 2.24) is 15.0 Å². The summed E-state index contributed by atoms with van der Waals surface area (Å²) in [4.78, 5) is 26.6. The summed E-state index contributed by atoms with van der Waals surface area (Å²) < 4.78 is 12.6. The lowest BCUT2D eigenvalue weighted by Crippen LogP contribution is -2.13. The molecule has 6 nitrogen and oxygen atoms in total. The van der Waals surface area contributed by atoms with Crippen LogP contribution in [0.2, 0.25) is 0 Å². The van der Waals surface area contributed by atoms with E-state index in [4.69, 9.17) is 5.73 Å². The molecule has 0 saturated heterocycles. The number of alkyl halides is 1. The second-order valence-electron chi connectivity index (χ2n) is 4.48. The number of nitrogen functional groups attached to an aromatic ring is 1. The van der Waals surface area contributed by atoms with E-state index in [0.29, 0.717) is 22.6 Å². The molecule has 20 heavy (non-hydrogen) atoms. The molecule has 0 aromatic carbocycles. The van der Waals surface area contributed by atoms with Gasteiger partial charge >= 0.3 is 0 Å². The van der Waals surface area contributed by atoms with Crippen molar-refractivity contribution in [1.29, 1.82) is 0 Å². The molecule has 1 aliphatic heterocycles. The number of carbonyl (C=O) groups excluding carboxylic acids is 1. The van der Waals surface area contributed by atoms with Crippen LogP contribution in [0.1, 0.15) is 28.4 Å². The Bertz CT molecular complexity index is 694. The average molecular weight is 273 g/mol. The summed E-state index contributed by atoms with van der Waals surface area (Å²) in [5, 5.41) is 0. The van der Waals surface area contributed by atoms with Crippen LogP contribution >= 0.6 is 0 Å². The number of aromatic amines is 1. The topological polar surface area (TPSA) is 97.0 Å². The van der Waals surface area contributed by atoms with Crippen LogP contribution in [0, 0.1) is 0 Å². The van der Waals surface area contributed by atoms with Crippen LogP contribution in [0.5, 0.6) is 0 Å². The van der Waals surface area contributed by atoms with Crippen LogP contribution in [-0.2, 0) is 0 Å². The van der Waals surface area contributed by atoms with Crippen molar-refractivity contribution in [3.05, 3.63) is 29.6 Å². The summed E-state index contributed by atoms with van der Waals surface area (Å²) in [6.45, 7) is -0.473. The Labute approximate surface area is 114 Å². The number of nitrogens with one attached hydrogen (secondary N) is 1. The number of rotatable bonds is 3. The summed E-state index contributed by atoms with van der Waals surface area (Å²) in [5.74, 6) is -0.404. The first-order chi connectivity index (χ1) is 9.69. The first-order valence-electron chi connectivity index (χ1n) is 6.15. The largest absolute Gasteiger partial charge is 0.368 e. The number of H-pyrrole nitrogens is 1. The maximum atomic E-state index is 12.6. The molecule has 3 N–H and O–H groups in total. The van der Waals surface area contributed by atoms with Gasteiger partial charge in [0.25, 0.3) is 5.91 Å². The van der Waals surface area contributed by atoms with Crippen LogP contribution in [0.3, 0.4) is 0 Å². The minimum Gasteiger partial charge on any atom is -0.368 e. The number of aliphatic imine (C=N–C) groups is 1. The number of fused-ring (bicyclic) bond motifs is 1. The number of nitrogens with zero attached hydrogens (tertiary/aromatic N) is 3. The van der Waals surface area contributed by atoms with E-state index in [1.807, 2.05) is 0 Å². The van der Waals surface area contributed by atoms with E-state index in [1.54, 1.807) is 12.1 Å². The fourth-order valence-corrected chi connectivity index (χ4v) is 2.24. The molecule has 1 aliphatic rings. The van der Waals surface area contributed by atoms with Gasteiger partial charge in [-0.2, -0.15) is 0 Å². The van der Waals surface area contributed by atoms with Gasteiger partial charge < -0.3 is 10.7 Å². The maximum absolute atomic E-state index is 12.6. The molecule has 3 rings (SSSR count). The van der Waals surface area contributed by atoms with E-state index in [-0.39, 0.29) is 24.2 Å². The number of aromatic nitrogens is 3. The normalized spacial score (nSPS) is 17.2. The molecule has 1 amide bonds. The second kappa shape index (κ2) is 4.84. The molecular weight excluding hydrogens is 261 g/mol. The van der Waals surface area contributed by atoms with Crippen molar-refractivity contribution in [3.63, 3.8) is 0 Å². The zero-order chi connectivity index (χ0) is 14.1. The van der Waals surface area contributed by atoms with Gasteiger partial charge in [-0.15, -0.1) is 0 Å². The van der Waals surface area contributed by atoms with Crippen molar-refractivity contribution in [2.75, 3.05) is 12.4 Å². The zero-order valence-electron chi connectivity index (χ0n) is 10.5. The predicted molar refractivity (Wildman–Crippen MR) is 72.4 cm³/mol. The average Bonchev–Trinajstić information content (AvgIpc) is 2.88. The van der Waals surface area contributed by atoms with E-state index in [2.05, 4.69) is 19.9 Å². The smallest absolute Gasteiger partial charge is 0.278 e. The fraction of sp³-hybridized carbons (Fsp3) is 0.231. The SMILES string of the molecule is Nc1nccc(-c2cc3c([nH]2)[C@@H](CCF)C=NC3=O)n1. The third kappa shape index (κ3) is 2.07. The van der Waals surface area contributed by atoms with Gasteiger partial charge in [-0.1, -0.05) is 0 Å². The van der Waals surface area contributed by atoms with Crippen molar-refractivity contribution in [2.24, 2.45) is 4.99 Å². The zero-order valence-corrected chi connectivity index (χ0v) is 10.5. The van der Waals surface area contributed by atoms with E-state index in [9.17, 15) is 9.18 Å². The van der Waals surface area contributed by atoms with Gasteiger partial charge in [-0.25, -0.2) is 15.0 Å². The Balaban J connectivity index is 2.05. The van der Waals surface area contributed by atoms with Crippen LogP contribution in [0.25, 0.3) is 11.4 Å². The highest BCUT2D eigenvalue weighted by molar-refractivity contribution is 6.05. The number of anilines is 1. The maximum Gasteiger partial charge on any atom is 0.278 e. The van der Waals surface area contributed by atoms with Gasteiger partial charge in [0.2, 0.25) is 5.95 Å². The highest BCUT2D eigenvalue weighted by Gasteiger charge is 2.25. The number of halogens is 1. The highest BCUT2D eigenvalue weighted by atomic mass is 19.1. The van der Waals surface area contributed by atoms with Gasteiger partial charge in [0.05, 0.1) is 23.6 Å². The number of carbonyl (C=O) groups is 1. The molecule has 7 heteroatoms. The van der Waals surface area contributed by atoms with Crippen LogP contribution in [-0.4, -0.2) is 33.7 Å². The molecule has 0 fully saturated rings. The molecule has 0 unspecified atom stereocenters. The summed E-state index contributed by atoms with van der Waals surface area (Å²) >= 11 is 0. The van der Waals surface area contributed by atoms with Crippen LogP contribution < -0.4 is 5.73 Å². The lowest BCUT2D eigenvalue weighted by Gasteiger charge is -2.13. The lowest BCUT2D eigenvalue weighted by molar-refractivity contribution is 0.0999. The Morgan fingerprint density at radius 1 is 1.45 bits per heavy atom. The van der Waals surface area contributed by atoms with Crippen molar-refractivity contribution in [3.8, 4) is 11.4 Å². The Morgan fingerprint density at radius 3 is 3.05 bits per heavy atom. The van der Waals surface area contributed by atoms with Gasteiger partial charge in [0, 0.05) is 24.0 Å². The van der Waals surface area contributed by atoms with Crippen molar-refractivity contribution < 1.29 is 9.18 Å². The third-order valence-electron chi connectivity index (χ3n) is 3.19. The minimum atomic E-state index is -0.473. The molecule has 2 aromatic rings. The predicted octanol–water partition coefficient (Wildman–Crippen LogP) is 1.72. The van der Waals surface area contributed by atoms with E-state index in [0.717, 1.165) is 0 Å². The van der Waals surface area contributed by atoms with Gasteiger partial charge in [0.15, 0.2) is 0 Å². The van der Waals surface area contributed by atoms with Gasteiger partial charge in [-0.3, -0.25) is 9.18 Å². The Hall–Kier alpha value is -2.57. The first-order valence-corrected chi connectivity index (χ1v) is 6.15. The monoisotopic (exact) mass is 273 g/mol. The number of hydrogen-bond donors (Lipinski definition) is 2. The van der Waals surface area contributed by atoms with Crippen molar-refractivity contribution >= 4 is 18.1 Å². The Morgan fingerprint density at radius 2 is 2.30 bits per heavy atom. The highest BCUT2D eigenvalue weighted by Crippen LogP contribution is 2.30. The molecule has 3 heterocycles. The number of amides is 1. The third-order valence-corrected chi connectivity index (χ3v) is 3.19. The molecule has 0 radical (unpaired) electrons. The van der Waals surface area contributed by atoms with E-state index < -0.39 is 6.67 Å². The molecule has 2 aromatic heterocycles. The van der Waals surface area contributed by atoms with E-state index >= 15 is 0 Å².